The maximum Gasteiger partial charge on any atom is 0.338 e. The number of carbonyl (C=O) groups is 2. The molecule has 7 nitrogen and oxygen atoms in total. The standard InChI is InChI=1S/C22H23N3O4/c1-4-28-22(27)17-7-11-19(12-8-17)29-14-21(26)23-20-13-16(3)24-25(20)18-9-5-15(2)6-10-18/h5-13H,4,14H2,1-3H3,(H,23,26). The quantitative estimate of drug-likeness (QED) is 0.619. The van der Waals surface area contributed by atoms with E-state index in [9.17, 15) is 9.59 Å². The Kier molecular flexibility index (Phi) is 6.29. The molecule has 0 saturated carbocycles. The Bertz CT molecular complexity index is 992. The Hall–Kier alpha value is -3.61. The Morgan fingerprint density at radius 2 is 1.72 bits per heavy atom. The molecule has 3 rings (SSSR count). The lowest BCUT2D eigenvalue weighted by atomic mass is 10.2. The van der Waals surface area contributed by atoms with Crippen molar-refractivity contribution >= 4 is 17.7 Å². The van der Waals surface area contributed by atoms with Crippen LogP contribution < -0.4 is 10.1 Å². The predicted octanol–water partition coefficient (Wildman–Crippen LogP) is 3.68. The van der Waals surface area contributed by atoms with Crippen molar-refractivity contribution in [1.82, 2.24) is 9.78 Å². The monoisotopic (exact) mass is 393 g/mol. The number of carbonyl (C=O) groups excluding carboxylic acids is 2. The van der Waals surface area contributed by atoms with E-state index in [4.69, 9.17) is 9.47 Å². The minimum absolute atomic E-state index is 0.170. The first kappa shape index (κ1) is 20.1. The summed E-state index contributed by atoms with van der Waals surface area (Å²) in [6.45, 7) is 5.77. The molecule has 0 aliphatic carbocycles. The summed E-state index contributed by atoms with van der Waals surface area (Å²) in [6.07, 6.45) is 0. The van der Waals surface area contributed by atoms with E-state index in [1.807, 2.05) is 38.1 Å². The van der Waals surface area contributed by atoms with Crippen LogP contribution in [0.3, 0.4) is 0 Å². The summed E-state index contributed by atoms with van der Waals surface area (Å²) in [5.74, 6) is 0.346. The van der Waals surface area contributed by atoms with Crippen LogP contribution >= 0.6 is 0 Å². The van der Waals surface area contributed by atoms with Crippen molar-refractivity contribution in [1.29, 1.82) is 0 Å². The average Bonchev–Trinajstić information content (AvgIpc) is 3.07. The highest BCUT2D eigenvalue weighted by molar-refractivity contribution is 5.91. The van der Waals surface area contributed by atoms with Gasteiger partial charge < -0.3 is 14.8 Å². The normalized spacial score (nSPS) is 10.4. The van der Waals surface area contributed by atoms with Gasteiger partial charge in [-0.15, -0.1) is 0 Å². The number of esters is 1. The van der Waals surface area contributed by atoms with Gasteiger partial charge in [-0.3, -0.25) is 4.79 Å². The number of benzene rings is 2. The number of ether oxygens (including phenoxy) is 2. The van der Waals surface area contributed by atoms with Crippen LogP contribution in [0.2, 0.25) is 0 Å². The van der Waals surface area contributed by atoms with Crippen molar-refractivity contribution in [2.75, 3.05) is 18.5 Å². The van der Waals surface area contributed by atoms with E-state index >= 15 is 0 Å². The summed E-state index contributed by atoms with van der Waals surface area (Å²) in [5, 5.41) is 7.26. The second-order valence-corrected chi connectivity index (χ2v) is 6.50. The van der Waals surface area contributed by atoms with Gasteiger partial charge in [0.15, 0.2) is 6.61 Å². The van der Waals surface area contributed by atoms with Crippen LogP contribution in [-0.4, -0.2) is 34.9 Å². The fraction of sp³-hybridized carbons (Fsp3) is 0.227. The highest BCUT2D eigenvalue weighted by atomic mass is 16.5. The van der Waals surface area contributed by atoms with Gasteiger partial charge >= 0.3 is 5.97 Å². The summed E-state index contributed by atoms with van der Waals surface area (Å²) >= 11 is 0. The zero-order valence-electron chi connectivity index (χ0n) is 16.6. The molecule has 0 bridgehead atoms. The highest BCUT2D eigenvalue weighted by Gasteiger charge is 2.12. The van der Waals surface area contributed by atoms with Gasteiger partial charge in [0, 0.05) is 6.07 Å². The van der Waals surface area contributed by atoms with Gasteiger partial charge in [-0.05, 0) is 57.2 Å². The molecule has 1 aromatic heterocycles. The third-order valence-corrected chi connectivity index (χ3v) is 4.11. The third kappa shape index (κ3) is 5.22. The Morgan fingerprint density at radius 3 is 2.38 bits per heavy atom. The van der Waals surface area contributed by atoms with Crippen LogP contribution in [-0.2, 0) is 9.53 Å². The van der Waals surface area contributed by atoms with E-state index in [1.54, 1.807) is 41.9 Å². The first-order valence-electron chi connectivity index (χ1n) is 9.30. The molecule has 1 N–H and O–H groups in total. The van der Waals surface area contributed by atoms with Crippen molar-refractivity contribution in [2.24, 2.45) is 0 Å². The Labute approximate surface area is 169 Å². The number of nitrogens with one attached hydrogen (secondary N) is 1. The SMILES string of the molecule is CCOC(=O)c1ccc(OCC(=O)Nc2cc(C)nn2-c2ccc(C)cc2)cc1. The highest BCUT2D eigenvalue weighted by Crippen LogP contribution is 2.18. The van der Waals surface area contributed by atoms with E-state index in [2.05, 4.69) is 10.4 Å². The molecule has 0 atom stereocenters. The van der Waals surface area contributed by atoms with Gasteiger partial charge in [0.1, 0.15) is 11.6 Å². The Morgan fingerprint density at radius 1 is 1.03 bits per heavy atom. The van der Waals surface area contributed by atoms with Gasteiger partial charge in [0.25, 0.3) is 5.91 Å². The fourth-order valence-electron chi connectivity index (χ4n) is 2.70. The van der Waals surface area contributed by atoms with Crippen LogP contribution in [0.1, 0.15) is 28.5 Å². The number of anilines is 1. The molecule has 0 radical (unpaired) electrons. The zero-order valence-corrected chi connectivity index (χ0v) is 16.6. The lowest BCUT2D eigenvalue weighted by Gasteiger charge is -2.10. The molecule has 0 saturated heterocycles. The topological polar surface area (TPSA) is 82.4 Å². The number of aromatic nitrogens is 2. The maximum absolute atomic E-state index is 12.3. The summed E-state index contributed by atoms with van der Waals surface area (Å²) in [4.78, 5) is 24.0. The average molecular weight is 393 g/mol. The number of amides is 1. The van der Waals surface area contributed by atoms with Crippen LogP contribution in [0.5, 0.6) is 5.75 Å². The van der Waals surface area contributed by atoms with Gasteiger partial charge in [-0.1, -0.05) is 17.7 Å². The molecule has 2 aromatic carbocycles. The second-order valence-electron chi connectivity index (χ2n) is 6.50. The third-order valence-electron chi connectivity index (χ3n) is 4.11. The van der Waals surface area contributed by atoms with Gasteiger partial charge in [0.05, 0.1) is 23.6 Å². The number of rotatable bonds is 7. The van der Waals surface area contributed by atoms with E-state index in [0.29, 0.717) is 23.7 Å². The van der Waals surface area contributed by atoms with E-state index in [0.717, 1.165) is 16.9 Å². The molecule has 0 aliphatic heterocycles. The summed E-state index contributed by atoms with van der Waals surface area (Å²) < 4.78 is 12.1. The molecule has 7 heteroatoms. The molecule has 0 fully saturated rings. The van der Waals surface area contributed by atoms with Crippen LogP contribution in [0.4, 0.5) is 5.82 Å². The molecular weight excluding hydrogens is 370 g/mol. The molecule has 0 aliphatic rings. The minimum Gasteiger partial charge on any atom is -0.484 e. The largest absolute Gasteiger partial charge is 0.484 e. The fourth-order valence-corrected chi connectivity index (χ4v) is 2.70. The molecule has 0 spiro atoms. The molecule has 150 valence electrons. The molecule has 1 heterocycles. The lowest BCUT2D eigenvalue weighted by Crippen LogP contribution is -2.21. The van der Waals surface area contributed by atoms with Crippen molar-refractivity contribution < 1.29 is 19.1 Å². The first-order valence-corrected chi connectivity index (χ1v) is 9.30. The minimum atomic E-state index is -0.392. The van der Waals surface area contributed by atoms with E-state index in [1.165, 1.54) is 0 Å². The van der Waals surface area contributed by atoms with Crippen molar-refractivity contribution in [2.45, 2.75) is 20.8 Å². The van der Waals surface area contributed by atoms with Crippen molar-refractivity contribution in [3.63, 3.8) is 0 Å². The molecule has 0 unspecified atom stereocenters. The smallest absolute Gasteiger partial charge is 0.338 e. The number of hydrogen-bond donors (Lipinski definition) is 1. The summed E-state index contributed by atoms with van der Waals surface area (Å²) in [7, 11) is 0. The predicted molar refractivity (Wildman–Crippen MR) is 110 cm³/mol. The lowest BCUT2D eigenvalue weighted by molar-refractivity contribution is -0.118. The van der Waals surface area contributed by atoms with Crippen molar-refractivity contribution in [3.8, 4) is 11.4 Å². The van der Waals surface area contributed by atoms with E-state index in [-0.39, 0.29) is 12.5 Å². The van der Waals surface area contributed by atoms with Crippen LogP contribution in [0.25, 0.3) is 5.69 Å². The zero-order chi connectivity index (χ0) is 20.8. The first-order chi connectivity index (χ1) is 14.0. The summed E-state index contributed by atoms with van der Waals surface area (Å²) in [5.41, 5.74) is 3.22. The molecule has 1 amide bonds. The second kappa shape index (κ2) is 9.05. The molecular formula is C22H23N3O4. The Balaban J connectivity index is 1.61. The number of hydrogen-bond acceptors (Lipinski definition) is 5. The van der Waals surface area contributed by atoms with Crippen LogP contribution in [0, 0.1) is 13.8 Å². The summed E-state index contributed by atoms with van der Waals surface area (Å²) in [6, 6.07) is 16.1. The van der Waals surface area contributed by atoms with Gasteiger partial charge in [0.2, 0.25) is 0 Å². The van der Waals surface area contributed by atoms with Gasteiger partial charge in [-0.25, -0.2) is 9.48 Å². The molecule has 3 aromatic rings. The number of aryl methyl sites for hydroxylation is 2. The maximum atomic E-state index is 12.3. The number of nitrogens with zero attached hydrogens (tertiary/aromatic N) is 2. The van der Waals surface area contributed by atoms with Crippen molar-refractivity contribution in [3.05, 3.63) is 71.4 Å². The van der Waals surface area contributed by atoms with E-state index < -0.39 is 5.97 Å². The van der Waals surface area contributed by atoms with Crippen LogP contribution in [0.15, 0.2) is 54.6 Å². The molecule has 29 heavy (non-hydrogen) atoms. The van der Waals surface area contributed by atoms with Gasteiger partial charge in [-0.2, -0.15) is 5.10 Å².